The van der Waals surface area contributed by atoms with Crippen LogP contribution in [0.25, 0.3) is 10.4 Å². The number of thiazole rings is 1. The lowest BCUT2D eigenvalue weighted by molar-refractivity contribution is -0.116. The molecule has 0 bridgehead atoms. The second-order valence-electron chi connectivity index (χ2n) is 9.68. The van der Waals surface area contributed by atoms with E-state index < -0.39 is 16.1 Å². The Morgan fingerprint density at radius 2 is 1.97 bits per heavy atom. The van der Waals surface area contributed by atoms with Gasteiger partial charge in [-0.15, -0.1) is 0 Å². The summed E-state index contributed by atoms with van der Waals surface area (Å²) in [5.41, 5.74) is 1.41. The molecule has 1 heterocycles. The highest BCUT2D eigenvalue weighted by Crippen LogP contribution is 2.37. The lowest BCUT2D eigenvalue weighted by Gasteiger charge is -2.26. The first kappa shape index (κ1) is 26.1. The summed E-state index contributed by atoms with van der Waals surface area (Å²) in [7, 11) is -2.43. The van der Waals surface area contributed by atoms with Crippen molar-refractivity contribution in [3.8, 4) is 16.2 Å². The first-order valence-electron chi connectivity index (χ1n) is 12.4. The molecule has 8 nitrogen and oxygen atoms in total. The predicted octanol–water partition coefficient (Wildman–Crippen LogP) is 4.62. The molecule has 0 unspecified atom stereocenters. The summed E-state index contributed by atoms with van der Waals surface area (Å²) in [5.74, 6) is 0.869. The van der Waals surface area contributed by atoms with E-state index in [0.29, 0.717) is 42.3 Å². The van der Waals surface area contributed by atoms with Gasteiger partial charge < -0.3 is 15.2 Å². The molecule has 0 aliphatic heterocycles. The number of amides is 1. The fraction of sp³-hybridized carbons (Fsp3) is 0.600. The molecule has 2 saturated carbocycles. The van der Waals surface area contributed by atoms with E-state index in [0.717, 1.165) is 23.4 Å². The molecule has 2 atom stereocenters. The standard InChI is InChI=1S/C25H35N3O5S2/c1-16-24(34-25(26-16)27-23(30)13-10-17-6-3-4-7-17)18-11-12-21(33-2)22(14-18)35(31,32)28-19-8-5-9-20(29)15-19/h11-12,14,17,19-20,28-29H,3-10,13,15H2,1-2H3,(H,26,27,30)/t19-,20-/m1/s1. The summed E-state index contributed by atoms with van der Waals surface area (Å²) >= 11 is 1.34. The monoisotopic (exact) mass is 521 g/mol. The Bertz CT molecular complexity index is 1140. The fourth-order valence-corrected chi connectivity index (χ4v) is 7.57. The number of aliphatic hydroxyl groups excluding tert-OH is 1. The van der Waals surface area contributed by atoms with Crippen LogP contribution in [0.3, 0.4) is 0 Å². The van der Waals surface area contributed by atoms with Gasteiger partial charge in [-0.3, -0.25) is 4.79 Å². The number of nitrogens with one attached hydrogen (secondary N) is 2. The van der Waals surface area contributed by atoms with E-state index in [2.05, 4.69) is 15.0 Å². The highest BCUT2D eigenvalue weighted by atomic mass is 32.2. The number of hydrogen-bond acceptors (Lipinski definition) is 7. The van der Waals surface area contributed by atoms with Crippen LogP contribution in [0.2, 0.25) is 0 Å². The van der Waals surface area contributed by atoms with E-state index in [-0.39, 0.29) is 22.6 Å². The molecule has 2 fully saturated rings. The molecule has 2 aliphatic rings. The number of aromatic nitrogens is 1. The SMILES string of the molecule is COc1ccc(-c2sc(NC(=O)CCC3CCCC3)nc2C)cc1S(=O)(=O)N[C@@H]1CCC[C@@H](O)C1. The van der Waals surface area contributed by atoms with Crippen LogP contribution in [0.1, 0.15) is 69.9 Å². The van der Waals surface area contributed by atoms with Gasteiger partial charge in [0.25, 0.3) is 0 Å². The van der Waals surface area contributed by atoms with E-state index in [1.165, 1.54) is 44.1 Å². The minimum atomic E-state index is -3.87. The van der Waals surface area contributed by atoms with Crippen molar-refractivity contribution >= 4 is 32.4 Å². The zero-order chi connectivity index (χ0) is 25.0. The predicted molar refractivity (Wildman–Crippen MR) is 137 cm³/mol. The van der Waals surface area contributed by atoms with Gasteiger partial charge in [-0.25, -0.2) is 18.1 Å². The van der Waals surface area contributed by atoms with Crippen molar-refractivity contribution in [2.45, 2.75) is 88.2 Å². The molecule has 192 valence electrons. The number of anilines is 1. The zero-order valence-corrected chi connectivity index (χ0v) is 22.0. The Kier molecular flexibility index (Phi) is 8.46. The third-order valence-electron chi connectivity index (χ3n) is 6.98. The number of carbonyl (C=O) groups excluding carboxylic acids is 1. The summed E-state index contributed by atoms with van der Waals surface area (Å²) < 4.78 is 34.6. The molecular weight excluding hydrogens is 486 g/mol. The molecule has 2 aromatic rings. The van der Waals surface area contributed by atoms with Gasteiger partial charge in [-0.1, -0.05) is 37.0 Å². The average Bonchev–Trinajstić information content (AvgIpc) is 3.46. The summed E-state index contributed by atoms with van der Waals surface area (Å²) in [6, 6.07) is 4.72. The van der Waals surface area contributed by atoms with Crippen molar-refractivity contribution in [3.63, 3.8) is 0 Å². The highest BCUT2D eigenvalue weighted by Gasteiger charge is 2.28. The van der Waals surface area contributed by atoms with Crippen molar-refractivity contribution in [1.82, 2.24) is 9.71 Å². The number of sulfonamides is 1. The number of aryl methyl sites for hydroxylation is 1. The molecule has 4 rings (SSSR count). The summed E-state index contributed by atoms with van der Waals surface area (Å²) in [5, 5.41) is 13.4. The first-order valence-corrected chi connectivity index (χ1v) is 14.7. The third-order valence-corrected chi connectivity index (χ3v) is 9.64. The normalized spacial score (nSPS) is 21.2. The molecule has 1 aromatic carbocycles. The second-order valence-corrected chi connectivity index (χ2v) is 12.4. The van der Waals surface area contributed by atoms with Crippen LogP contribution in [0.5, 0.6) is 5.75 Å². The molecule has 0 radical (unpaired) electrons. The van der Waals surface area contributed by atoms with Crippen LogP contribution in [0.4, 0.5) is 5.13 Å². The van der Waals surface area contributed by atoms with E-state index in [1.54, 1.807) is 18.2 Å². The Hall–Kier alpha value is -2.01. The van der Waals surface area contributed by atoms with E-state index >= 15 is 0 Å². The molecule has 2 aliphatic carbocycles. The van der Waals surface area contributed by atoms with Crippen LogP contribution < -0.4 is 14.8 Å². The quantitative estimate of drug-likeness (QED) is 0.443. The number of carbonyl (C=O) groups is 1. The number of benzene rings is 1. The van der Waals surface area contributed by atoms with Crippen LogP contribution >= 0.6 is 11.3 Å². The van der Waals surface area contributed by atoms with Crippen molar-refractivity contribution in [2.24, 2.45) is 5.92 Å². The van der Waals surface area contributed by atoms with Gasteiger partial charge in [-0.05, 0) is 68.7 Å². The lowest BCUT2D eigenvalue weighted by atomic mass is 9.94. The molecule has 1 aromatic heterocycles. The van der Waals surface area contributed by atoms with Gasteiger partial charge in [0, 0.05) is 12.5 Å². The zero-order valence-electron chi connectivity index (χ0n) is 20.4. The number of methoxy groups -OCH3 is 1. The van der Waals surface area contributed by atoms with Crippen molar-refractivity contribution in [3.05, 3.63) is 23.9 Å². The lowest BCUT2D eigenvalue weighted by Crippen LogP contribution is -2.39. The number of ether oxygens (including phenoxy) is 1. The molecule has 35 heavy (non-hydrogen) atoms. The Morgan fingerprint density at radius 3 is 2.69 bits per heavy atom. The third kappa shape index (κ3) is 6.61. The largest absolute Gasteiger partial charge is 0.495 e. The van der Waals surface area contributed by atoms with E-state index in [1.807, 2.05) is 6.92 Å². The Labute approximate surface area is 211 Å². The minimum absolute atomic E-state index is 0.0333. The Balaban J connectivity index is 1.50. The van der Waals surface area contributed by atoms with Gasteiger partial charge in [0.05, 0.1) is 23.8 Å². The topological polar surface area (TPSA) is 118 Å². The number of aliphatic hydroxyl groups is 1. The minimum Gasteiger partial charge on any atom is -0.495 e. The number of rotatable bonds is 9. The molecule has 3 N–H and O–H groups in total. The van der Waals surface area contributed by atoms with Crippen LogP contribution in [-0.4, -0.2) is 43.7 Å². The van der Waals surface area contributed by atoms with Crippen LogP contribution in [-0.2, 0) is 14.8 Å². The van der Waals surface area contributed by atoms with Gasteiger partial charge in [0.15, 0.2) is 5.13 Å². The van der Waals surface area contributed by atoms with Gasteiger partial charge >= 0.3 is 0 Å². The van der Waals surface area contributed by atoms with Gasteiger partial charge in [0.1, 0.15) is 10.6 Å². The van der Waals surface area contributed by atoms with Crippen molar-refractivity contribution < 1.29 is 23.1 Å². The number of hydrogen-bond donors (Lipinski definition) is 3. The maximum absolute atomic E-state index is 13.2. The maximum Gasteiger partial charge on any atom is 0.244 e. The van der Waals surface area contributed by atoms with E-state index in [9.17, 15) is 18.3 Å². The summed E-state index contributed by atoms with van der Waals surface area (Å²) in [6.07, 6.45) is 8.43. The van der Waals surface area contributed by atoms with Gasteiger partial charge in [0.2, 0.25) is 15.9 Å². The highest BCUT2D eigenvalue weighted by molar-refractivity contribution is 7.89. The fourth-order valence-electron chi connectivity index (χ4n) is 5.12. The van der Waals surface area contributed by atoms with Gasteiger partial charge in [-0.2, -0.15) is 0 Å². The smallest absolute Gasteiger partial charge is 0.244 e. The van der Waals surface area contributed by atoms with Crippen molar-refractivity contribution in [2.75, 3.05) is 12.4 Å². The molecule has 0 saturated heterocycles. The summed E-state index contributed by atoms with van der Waals surface area (Å²) in [4.78, 5) is 17.8. The van der Waals surface area contributed by atoms with E-state index in [4.69, 9.17) is 4.74 Å². The Morgan fingerprint density at radius 1 is 1.20 bits per heavy atom. The van der Waals surface area contributed by atoms with Crippen molar-refractivity contribution in [1.29, 1.82) is 0 Å². The van der Waals surface area contributed by atoms with Crippen LogP contribution in [0, 0.1) is 12.8 Å². The molecule has 10 heteroatoms. The maximum atomic E-state index is 13.2. The molecule has 1 amide bonds. The molecular formula is C25H35N3O5S2. The first-order chi connectivity index (χ1) is 16.7. The average molecular weight is 522 g/mol. The number of nitrogens with zero attached hydrogens (tertiary/aromatic N) is 1. The summed E-state index contributed by atoms with van der Waals surface area (Å²) in [6.45, 7) is 1.85. The second kappa shape index (κ2) is 11.4. The van der Waals surface area contributed by atoms with Crippen LogP contribution in [0.15, 0.2) is 23.1 Å². The molecule has 0 spiro atoms.